The monoisotopic (exact) mass is 358 g/mol. The maximum Gasteiger partial charge on any atom is 0.336 e. The van der Waals surface area contributed by atoms with Crippen molar-refractivity contribution in [1.82, 2.24) is 4.98 Å². The van der Waals surface area contributed by atoms with Crippen molar-refractivity contribution in [2.24, 2.45) is 0 Å². The molecule has 0 saturated heterocycles. The van der Waals surface area contributed by atoms with E-state index in [2.05, 4.69) is 10.3 Å². The van der Waals surface area contributed by atoms with Gasteiger partial charge in [-0.05, 0) is 38.0 Å². The molecule has 3 aromatic rings. The molecule has 6 nitrogen and oxygen atoms in total. The van der Waals surface area contributed by atoms with Crippen LogP contribution in [0, 0.1) is 13.8 Å². The Bertz CT molecular complexity index is 990. The van der Waals surface area contributed by atoms with Gasteiger partial charge in [0.25, 0.3) is 5.91 Å². The van der Waals surface area contributed by atoms with Crippen molar-refractivity contribution in [3.8, 4) is 5.75 Å². The van der Waals surface area contributed by atoms with E-state index in [4.69, 9.17) is 9.15 Å². The number of thiazole rings is 1. The molecule has 0 aliphatic carbocycles. The molecule has 0 aliphatic heterocycles. The van der Waals surface area contributed by atoms with Gasteiger partial charge in [0.2, 0.25) is 0 Å². The fourth-order valence-corrected chi connectivity index (χ4v) is 3.43. The van der Waals surface area contributed by atoms with Gasteiger partial charge in [0.15, 0.2) is 11.7 Å². The maximum atomic E-state index is 12.0. The van der Waals surface area contributed by atoms with Crippen LogP contribution in [0.5, 0.6) is 5.75 Å². The highest BCUT2D eigenvalue weighted by molar-refractivity contribution is 7.15. The Morgan fingerprint density at radius 3 is 2.84 bits per heavy atom. The molecule has 0 fully saturated rings. The number of nitrogens with zero attached hydrogens (tertiary/aromatic N) is 1. The van der Waals surface area contributed by atoms with Gasteiger partial charge in [-0.3, -0.25) is 10.1 Å². The van der Waals surface area contributed by atoms with E-state index >= 15 is 0 Å². The van der Waals surface area contributed by atoms with Crippen molar-refractivity contribution >= 4 is 33.3 Å². The number of carbonyl (C=O) groups is 1. The molecule has 0 atom stereocenters. The Balaban J connectivity index is 1.67. The molecule has 2 heterocycles. The molecule has 3 rings (SSSR count). The molecule has 130 valence electrons. The summed E-state index contributed by atoms with van der Waals surface area (Å²) in [6.07, 6.45) is 0.830. The molecular weight excluding hydrogens is 340 g/mol. The third-order valence-corrected chi connectivity index (χ3v) is 4.70. The summed E-state index contributed by atoms with van der Waals surface area (Å²) < 4.78 is 10.7. The lowest BCUT2D eigenvalue weighted by Crippen LogP contribution is -2.20. The van der Waals surface area contributed by atoms with Crippen LogP contribution in [0.4, 0.5) is 5.13 Å². The molecule has 0 saturated carbocycles. The number of ether oxygens (including phenoxy) is 1. The van der Waals surface area contributed by atoms with Crippen LogP contribution >= 0.6 is 11.3 Å². The third kappa shape index (κ3) is 3.88. The Labute approximate surface area is 148 Å². The third-order valence-electron chi connectivity index (χ3n) is 3.77. The summed E-state index contributed by atoms with van der Waals surface area (Å²) in [6.45, 7) is 5.69. The van der Waals surface area contributed by atoms with E-state index in [0.717, 1.165) is 27.9 Å². The van der Waals surface area contributed by atoms with Crippen LogP contribution in [-0.4, -0.2) is 17.5 Å². The fraction of sp³-hybridized carbons (Fsp3) is 0.278. The van der Waals surface area contributed by atoms with E-state index in [1.807, 2.05) is 20.8 Å². The van der Waals surface area contributed by atoms with Crippen LogP contribution in [-0.2, 0) is 11.2 Å². The average molecular weight is 358 g/mol. The van der Waals surface area contributed by atoms with E-state index in [9.17, 15) is 9.59 Å². The number of nitrogens with one attached hydrogen (secondary N) is 1. The Kier molecular flexibility index (Phi) is 4.85. The first kappa shape index (κ1) is 17.2. The molecule has 7 heteroatoms. The predicted molar refractivity (Wildman–Crippen MR) is 97.6 cm³/mol. The van der Waals surface area contributed by atoms with Crippen molar-refractivity contribution in [3.63, 3.8) is 0 Å². The minimum atomic E-state index is -0.411. The predicted octanol–water partition coefficient (Wildman–Crippen LogP) is 3.45. The van der Waals surface area contributed by atoms with Gasteiger partial charge in [-0.15, -0.1) is 11.3 Å². The Morgan fingerprint density at radius 1 is 1.32 bits per heavy atom. The van der Waals surface area contributed by atoms with Crippen LogP contribution < -0.4 is 15.7 Å². The van der Waals surface area contributed by atoms with E-state index in [0.29, 0.717) is 16.5 Å². The molecule has 1 aromatic carbocycles. The average Bonchev–Trinajstić information content (AvgIpc) is 2.91. The van der Waals surface area contributed by atoms with Crippen molar-refractivity contribution < 1.29 is 13.9 Å². The second kappa shape index (κ2) is 7.06. The number of carbonyl (C=O) groups excluding carboxylic acids is 1. The van der Waals surface area contributed by atoms with Crippen LogP contribution in [0.2, 0.25) is 0 Å². The van der Waals surface area contributed by atoms with Gasteiger partial charge in [-0.2, -0.15) is 0 Å². The minimum Gasteiger partial charge on any atom is -0.484 e. The first-order valence-electron chi connectivity index (χ1n) is 7.89. The SMILES string of the molecule is CCc1nc(NC(=O)COc2ccc3c(C)cc(=O)oc3c2)sc1C. The smallest absolute Gasteiger partial charge is 0.336 e. The summed E-state index contributed by atoms with van der Waals surface area (Å²) >= 11 is 1.45. The molecule has 0 aliphatic rings. The van der Waals surface area contributed by atoms with Gasteiger partial charge in [0.1, 0.15) is 11.3 Å². The second-order valence-electron chi connectivity index (χ2n) is 5.62. The molecule has 0 spiro atoms. The number of hydrogen-bond donors (Lipinski definition) is 1. The zero-order chi connectivity index (χ0) is 18.0. The Morgan fingerprint density at radius 2 is 2.12 bits per heavy atom. The van der Waals surface area contributed by atoms with Gasteiger partial charge in [0, 0.05) is 22.4 Å². The van der Waals surface area contributed by atoms with E-state index in [1.54, 1.807) is 18.2 Å². The van der Waals surface area contributed by atoms with Crippen molar-refractivity contribution in [2.45, 2.75) is 27.2 Å². The lowest BCUT2D eigenvalue weighted by atomic mass is 10.1. The fourth-order valence-electron chi connectivity index (χ4n) is 2.51. The molecule has 25 heavy (non-hydrogen) atoms. The van der Waals surface area contributed by atoms with Gasteiger partial charge >= 0.3 is 5.63 Å². The molecular formula is C18H18N2O4S. The lowest BCUT2D eigenvalue weighted by molar-refractivity contribution is -0.118. The van der Waals surface area contributed by atoms with Crippen molar-refractivity contribution in [1.29, 1.82) is 0 Å². The summed E-state index contributed by atoms with van der Waals surface area (Å²) in [7, 11) is 0. The number of anilines is 1. The molecule has 0 radical (unpaired) electrons. The van der Waals surface area contributed by atoms with Crippen LogP contribution in [0.15, 0.2) is 33.5 Å². The summed E-state index contributed by atoms with van der Waals surface area (Å²) in [5, 5.41) is 4.14. The van der Waals surface area contributed by atoms with E-state index in [-0.39, 0.29) is 12.5 Å². The normalized spacial score (nSPS) is 10.8. The number of hydrogen-bond acceptors (Lipinski definition) is 6. The number of rotatable bonds is 5. The first-order valence-corrected chi connectivity index (χ1v) is 8.71. The van der Waals surface area contributed by atoms with E-state index in [1.165, 1.54) is 17.4 Å². The number of aryl methyl sites for hydroxylation is 3. The van der Waals surface area contributed by atoms with Crippen LogP contribution in [0.25, 0.3) is 11.0 Å². The van der Waals surface area contributed by atoms with Gasteiger partial charge in [-0.1, -0.05) is 6.92 Å². The summed E-state index contributed by atoms with van der Waals surface area (Å²) in [5.41, 5.74) is 1.85. The van der Waals surface area contributed by atoms with Crippen molar-refractivity contribution in [2.75, 3.05) is 11.9 Å². The quantitative estimate of drug-likeness (QED) is 0.707. The summed E-state index contributed by atoms with van der Waals surface area (Å²) in [4.78, 5) is 28.9. The van der Waals surface area contributed by atoms with Crippen LogP contribution in [0.3, 0.4) is 0 Å². The number of benzene rings is 1. The Hall–Kier alpha value is -2.67. The van der Waals surface area contributed by atoms with Crippen LogP contribution in [0.1, 0.15) is 23.1 Å². The minimum absolute atomic E-state index is 0.151. The highest BCUT2D eigenvalue weighted by Gasteiger charge is 2.10. The standard InChI is InChI=1S/C18H18N2O4S/c1-4-14-11(3)25-18(19-14)20-16(21)9-23-12-5-6-13-10(2)7-17(22)24-15(13)8-12/h5-8H,4,9H2,1-3H3,(H,19,20,21). The highest BCUT2D eigenvalue weighted by Crippen LogP contribution is 2.23. The van der Waals surface area contributed by atoms with Gasteiger partial charge in [-0.25, -0.2) is 9.78 Å². The molecule has 0 bridgehead atoms. The largest absolute Gasteiger partial charge is 0.484 e. The zero-order valence-electron chi connectivity index (χ0n) is 14.2. The molecule has 1 N–H and O–H groups in total. The first-order chi connectivity index (χ1) is 12.0. The topological polar surface area (TPSA) is 81.4 Å². The number of fused-ring (bicyclic) bond motifs is 1. The maximum absolute atomic E-state index is 12.0. The van der Waals surface area contributed by atoms with E-state index < -0.39 is 5.63 Å². The molecule has 2 aromatic heterocycles. The second-order valence-corrected chi connectivity index (χ2v) is 6.82. The van der Waals surface area contributed by atoms with Crippen molar-refractivity contribution in [3.05, 3.63) is 50.8 Å². The summed E-state index contributed by atoms with van der Waals surface area (Å²) in [6, 6.07) is 6.60. The molecule has 0 unspecified atom stereocenters. The van der Waals surface area contributed by atoms with Gasteiger partial charge < -0.3 is 9.15 Å². The highest BCUT2D eigenvalue weighted by atomic mass is 32.1. The summed E-state index contributed by atoms with van der Waals surface area (Å²) in [5.74, 6) is 0.170. The lowest BCUT2D eigenvalue weighted by Gasteiger charge is -2.07. The molecule has 1 amide bonds. The zero-order valence-corrected chi connectivity index (χ0v) is 15.0. The number of amides is 1. The van der Waals surface area contributed by atoms with Gasteiger partial charge in [0.05, 0.1) is 5.69 Å². The number of aromatic nitrogens is 1.